The van der Waals surface area contributed by atoms with Crippen molar-refractivity contribution in [2.45, 2.75) is 37.9 Å². The molecular weight excluding hydrogens is 388 g/mol. The number of nitro benzene ring substituents is 2. The molecule has 0 bridgehead atoms. The molecule has 0 amide bonds. The van der Waals surface area contributed by atoms with Gasteiger partial charge in [0.2, 0.25) is 0 Å². The van der Waals surface area contributed by atoms with Crippen LogP contribution in [0.1, 0.15) is 43.2 Å². The minimum atomic E-state index is -1.12. The lowest BCUT2D eigenvalue weighted by molar-refractivity contribution is -0.385. The lowest BCUT2D eigenvalue weighted by Crippen LogP contribution is -2.49. The number of nitro groups is 2. The second kappa shape index (κ2) is 6.69. The van der Waals surface area contributed by atoms with Crippen molar-refractivity contribution in [1.29, 1.82) is 0 Å². The van der Waals surface area contributed by atoms with Gasteiger partial charge in [0.25, 0.3) is 17.2 Å². The zero-order valence-electron chi connectivity index (χ0n) is 16.0. The van der Waals surface area contributed by atoms with Crippen molar-refractivity contribution in [3.8, 4) is 11.5 Å². The molecule has 0 aromatic heterocycles. The Balaban J connectivity index is 1.65. The van der Waals surface area contributed by atoms with Crippen molar-refractivity contribution in [3.63, 3.8) is 0 Å². The summed E-state index contributed by atoms with van der Waals surface area (Å²) < 4.78 is 12.8. The van der Waals surface area contributed by atoms with Crippen molar-refractivity contribution in [2.75, 3.05) is 0 Å². The van der Waals surface area contributed by atoms with Gasteiger partial charge in [0.1, 0.15) is 11.5 Å². The molecule has 8 heteroatoms. The molecule has 1 saturated carbocycles. The summed E-state index contributed by atoms with van der Waals surface area (Å²) in [7, 11) is 0. The Bertz CT molecular complexity index is 1060. The lowest BCUT2D eigenvalue weighted by atomic mass is 9.81. The summed E-state index contributed by atoms with van der Waals surface area (Å²) in [5, 5.41) is 22.3. The van der Waals surface area contributed by atoms with Crippen LogP contribution < -0.4 is 9.47 Å². The summed E-state index contributed by atoms with van der Waals surface area (Å²) in [5.74, 6) is -0.0884. The van der Waals surface area contributed by atoms with E-state index in [1.807, 2.05) is 12.2 Å². The van der Waals surface area contributed by atoms with Gasteiger partial charge in [0, 0.05) is 46.5 Å². The van der Waals surface area contributed by atoms with E-state index in [1.165, 1.54) is 24.3 Å². The van der Waals surface area contributed by atoms with E-state index in [-0.39, 0.29) is 11.4 Å². The highest BCUT2D eigenvalue weighted by Crippen LogP contribution is 2.50. The van der Waals surface area contributed by atoms with Crippen LogP contribution in [0.15, 0.2) is 47.5 Å². The first-order valence-electron chi connectivity index (χ1n) is 9.83. The number of hydrogen-bond acceptors (Lipinski definition) is 6. The Morgan fingerprint density at radius 2 is 1.20 bits per heavy atom. The summed E-state index contributed by atoms with van der Waals surface area (Å²) in [5.41, 5.74) is 3.14. The fraction of sp³-hybridized carbons (Fsp3) is 0.273. The van der Waals surface area contributed by atoms with E-state index in [0.29, 0.717) is 22.6 Å². The lowest BCUT2D eigenvalue weighted by Gasteiger charge is -2.44. The highest BCUT2D eigenvalue weighted by Gasteiger charge is 2.48. The van der Waals surface area contributed by atoms with Gasteiger partial charge < -0.3 is 9.47 Å². The molecule has 2 aromatic carbocycles. The standard InChI is InChI=1S/C22H18N2O6/c25-23(26)18-6-8-20-14(12-18)10-16-4-2-1-3-5-17-11-15-13-19(24(27)28)7-9-21(15)30-22(16,17)29-20/h6-13H,1-5H2. The maximum absolute atomic E-state index is 11.2. The average molecular weight is 406 g/mol. The molecule has 2 aliphatic heterocycles. The number of non-ortho nitro benzene ring substituents is 2. The van der Waals surface area contributed by atoms with Gasteiger partial charge in [0.15, 0.2) is 0 Å². The van der Waals surface area contributed by atoms with Crippen LogP contribution in [-0.4, -0.2) is 15.6 Å². The van der Waals surface area contributed by atoms with Crippen LogP contribution >= 0.6 is 0 Å². The minimum absolute atomic E-state index is 0.00831. The molecule has 1 fully saturated rings. The zero-order chi connectivity index (χ0) is 20.9. The Morgan fingerprint density at radius 3 is 1.63 bits per heavy atom. The van der Waals surface area contributed by atoms with Gasteiger partial charge in [-0.2, -0.15) is 0 Å². The molecule has 0 radical (unpaired) electrons. The second-order valence-electron chi connectivity index (χ2n) is 7.68. The number of hydrogen-bond donors (Lipinski definition) is 0. The second-order valence-corrected chi connectivity index (χ2v) is 7.68. The summed E-state index contributed by atoms with van der Waals surface area (Å²) in [4.78, 5) is 21.5. The van der Waals surface area contributed by atoms with Crippen molar-refractivity contribution in [1.82, 2.24) is 0 Å². The van der Waals surface area contributed by atoms with E-state index in [1.54, 1.807) is 12.1 Å². The van der Waals surface area contributed by atoms with E-state index in [9.17, 15) is 20.2 Å². The Labute approximate surface area is 171 Å². The molecular formula is C22H18N2O6. The summed E-state index contributed by atoms with van der Waals surface area (Å²) in [6, 6.07) is 9.05. The van der Waals surface area contributed by atoms with Gasteiger partial charge in [-0.15, -0.1) is 0 Å². The van der Waals surface area contributed by atoms with Gasteiger partial charge in [-0.05, 0) is 50.0 Å². The summed E-state index contributed by atoms with van der Waals surface area (Å²) in [6.45, 7) is 0. The zero-order valence-corrected chi connectivity index (χ0v) is 16.0. The van der Waals surface area contributed by atoms with Gasteiger partial charge in [-0.3, -0.25) is 20.2 Å². The number of ether oxygens (including phenoxy) is 2. The smallest absolute Gasteiger partial charge is 0.297 e. The van der Waals surface area contributed by atoms with Crippen LogP contribution in [0.2, 0.25) is 0 Å². The van der Waals surface area contributed by atoms with Crippen LogP contribution in [0.4, 0.5) is 11.4 Å². The molecule has 3 aliphatic rings. The van der Waals surface area contributed by atoms with Crippen molar-refractivity contribution >= 4 is 23.5 Å². The molecule has 0 N–H and O–H groups in total. The molecule has 0 atom stereocenters. The van der Waals surface area contributed by atoms with Gasteiger partial charge in [0.05, 0.1) is 9.85 Å². The Kier molecular flexibility index (Phi) is 4.09. The molecule has 1 spiro atoms. The third-order valence-electron chi connectivity index (χ3n) is 5.81. The first-order chi connectivity index (χ1) is 14.5. The minimum Gasteiger partial charge on any atom is -0.444 e. The molecule has 2 heterocycles. The number of rotatable bonds is 2. The van der Waals surface area contributed by atoms with Crippen molar-refractivity contribution in [2.24, 2.45) is 0 Å². The first-order valence-corrected chi connectivity index (χ1v) is 9.83. The molecule has 0 saturated heterocycles. The molecule has 5 rings (SSSR count). The predicted octanol–water partition coefficient (Wildman–Crippen LogP) is 5.42. The summed E-state index contributed by atoms with van der Waals surface area (Å²) in [6.07, 6.45) is 8.30. The highest BCUT2D eigenvalue weighted by atomic mass is 16.7. The largest absolute Gasteiger partial charge is 0.444 e. The molecule has 2 aromatic rings. The van der Waals surface area contributed by atoms with Crippen molar-refractivity contribution < 1.29 is 19.3 Å². The van der Waals surface area contributed by atoms with Crippen molar-refractivity contribution in [3.05, 3.63) is 78.9 Å². The first kappa shape index (κ1) is 18.4. The third-order valence-corrected chi connectivity index (χ3v) is 5.81. The molecule has 8 nitrogen and oxygen atoms in total. The highest BCUT2D eigenvalue weighted by molar-refractivity contribution is 5.73. The number of nitrogens with zero attached hydrogens (tertiary/aromatic N) is 2. The van der Waals surface area contributed by atoms with Crippen LogP contribution in [0.5, 0.6) is 11.5 Å². The Morgan fingerprint density at radius 1 is 0.733 bits per heavy atom. The number of benzene rings is 2. The topological polar surface area (TPSA) is 105 Å². The average Bonchev–Trinajstić information content (AvgIpc) is 2.71. The summed E-state index contributed by atoms with van der Waals surface area (Å²) >= 11 is 0. The van der Waals surface area contributed by atoms with Crippen LogP contribution in [0.3, 0.4) is 0 Å². The monoisotopic (exact) mass is 406 g/mol. The maximum atomic E-state index is 11.2. The predicted molar refractivity (Wildman–Crippen MR) is 109 cm³/mol. The Hall–Kier alpha value is -3.68. The van der Waals surface area contributed by atoms with E-state index < -0.39 is 15.6 Å². The van der Waals surface area contributed by atoms with E-state index in [2.05, 4.69) is 0 Å². The van der Waals surface area contributed by atoms with Crippen LogP contribution in [0.25, 0.3) is 12.2 Å². The fourth-order valence-electron chi connectivity index (χ4n) is 4.36. The molecule has 0 unspecified atom stereocenters. The van der Waals surface area contributed by atoms with Gasteiger partial charge in [-0.25, -0.2) is 0 Å². The SMILES string of the molecule is O=[N+]([O-])c1ccc2c(c1)C=C1CCCCCC3=Cc4cc([N+](=O)[O-])ccc4OC13O2. The normalized spacial score (nSPS) is 18.4. The number of fused-ring (bicyclic) bond motifs is 2. The molecule has 30 heavy (non-hydrogen) atoms. The van der Waals surface area contributed by atoms with Crippen LogP contribution in [0, 0.1) is 20.2 Å². The quantitative estimate of drug-likeness (QED) is 0.487. The van der Waals surface area contributed by atoms with E-state index in [0.717, 1.165) is 43.3 Å². The van der Waals surface area contributed by atoms with E-state index >= 15 is 0 Å². The molecule has 1 aliphatic carbocycles. The van der Waals surface area contributed by atoms with Gasteiger partial charge in [-0.1, -0.05) is 6.42 Å². The van der Waals surface area contributed by atoms with Crippen LogP contribution in [-0.2, 0) is 0 Å². The third kappa shape index (κ3) is 2.83. The van der Waals surface area contributed by atoms with Gasteiger partial charge >= 0.3 is 0 Å². The molecule has 152 valence electrons. The van der Waals surface area contributed by atoms with E-state index in [4.69, 9.17) is 9.47 Å². The maximum Gasteiger partial charge on any atom is 0.297 e. The fourth-order valence-corrected chi connectivity index (χ4v) is 4.36.